The van der Waals surface area contributed by atoms with Gasteiger partial charge in [-0.1, -0.05) is 48.5 Å². The fourth-order valence-corrected chi connectivity index (χ4v) is 2.84. The molecule has 22 heavy (non-hydrogen) atoms. The van der Waals surface area contributed by atoms with Crippen molar-refractivity contribution in [3.8, 4) is 0 Å². The minimum Gasteiger partial charge on any atom is -0.381 e. The molecular formula is C19H21NO2. The molecule has 1 aliphatic rings. The molecule has 1 heterocycles. The summed E-state index contributed by atoms with van der Waals surface area (Å²) in [5.41, 5.74) is 2.11. The Morgan fingerprint density at radius 2 is 1.55 bits per heavy atom. The van der Waals surface area contributed by atoms with Gasteiger partial charge in [-0.3, -0.25) is 4.79 Å². The zero-order valence-electron chi connectivity index (χ0n) is 12.7. The highest BCUT2D eigenvalue weighted by Gasteiger charge is 2.27. The third-order valence-corrected chi connectivity index (χ3v) is 4.09. The van der Waals surface area contributed by atoms with E-state index in [0.29, 0.717) is 19.8 Å². The van der Waals surface area contributed by atoms with Crippen molar-refractivity contribution in [1.29, 1.82) is 0 Å². The van der Waals surface area contributed by atoms with Gasteiger partial charge < -0.3 is 9.64 Å². The number of anilines is 1. The summed E-state index contributed by atoms with van der Waals surface area (Å²) in [5, 5.41) is 0. The second-order valence-electron chi connectivity index (χ2n) is 5.63. The molecule has 0 bridgehead atoms. The van der Waals surface area contributed by atoms with Crippen molar-refractivity contribution in [1.82, 2.24) is 0 Å². The molecule has 1 amide bonds. The van der Waals surface area contributed by atoms with Crippen molar-refractivity contribution < 1.29 is 9.53 Å². The summed E-state index contributed by atoms with van der Waals surface area (Å²) in [4.78, 5) is 14.9. The standard InChI is InChI=1S/C19H21NO2/c21-19(17-11-13-22-14-12-17)20(18-9-5-2-6-10-18)15-16-7-3-1-4-8-16/h1-10,17H,11-15H2. The van der Waals surface area contributed by atoms with Gasteiger partial charge in [0.1, 0.15) is 0 Å². The van der Waals surface area contributed by atoms with Crippen LogP contribution in [0.2, 0.25) is 0 Å². The Balaban J connectivity index is 1.84. The Bertz CT molecular complexity index is 591. The number of hydrogen-bond donors (Lipinski definition) is 0. The number of nitrogens with zero attached hydrogens (tertiary/aromatic N) is 1. The van der Waals surface area contributed by atoms with Crippen LogP contribution in [0.1, 0.15) is 18.4 Å². The summed E-state index contributed by atoms with van der Waals surface area (Å²) >= 11 is 0. The van der Waals surface area contributed by atoms with Gasteiger partial charge >= 0.3 is 0 Å². The van der Waals surface area contributed by atoms with Crippen molar-refractivity contribution in [3.05, 3.63) is 66.2 Å². The summed E-state index contributed by atoms with van der Waals surface area (Å²) in [6, 6.07) is 20.1. The summed E-state index contributed by atoms with van der Waals surface area (Å²) in [5.74, 6) is 0.274. The van der Waals surface area contributed by atoms with Crippen molar-refractivity contribution in [2.24, 2.45) is 5.92 Å². The summed E-state index contributed by atoms with van der Waals surface area (Å²) in [6.45, 7) is 1.98. The van der Waals surface area contributed by atoms with Gasteiger partial charge in [-0.2, -0.15) is 0 Å². The van der Waals surface area contributed by atoms with Crippen LogP contribution in [-0.2, 0) is 16.1 Å². The van der Waals surface area contributed by atoms with Gasteiger partial charge in [-0.15, -0.1) is 0 Å². The molecule has 114 valence electrons. The van der Waals surface area contributed by atoms with Crippen LogP contribution >= 0.6 is 0 Å². The first-order valence-electron chi connectivity index (χ1n) is 7.83. The first kappa shape index (κ1) is 14.8. The minimum absolute atomic E-state index is 0.0673. The van der Waals surface area contributed by atoms with E-state index in [1.54, 1.807) is 0 Å². The Morgan fingerprint density at radius 3 is 2.18 bits per heavy atom. The van der Waals surface area contributed by atoms with Gasteiger partial charge in [0.2, 0.25) is 5.91 Å². The van der Waals surface area contributed by atoms with Crippen LogP contribution < -0.4 is 4.90 Å². The first-order chi connectivity index (χ1) is 10.8. The average Bonchev–Trinajstić information content (AvgIpc) is 2.61. The highest BCUT2D eigenvalue weighted by molar-refractivity contribution is 5.95. The van der Waals surface area contributed by atoms with E-state index in [-0.39, 0.29) is 11.8 Å². The van der Waals surface area contributed by atoms with E-state index in [9.17, 15) is 4.79 Å². The second kappa shape index (κ2) is 7.23. The summed E-state index contributed by atoms with van der Waals surface area (Å²) < 4.78 is 5.38. The van der Waals surface area contributed by atoms with E-state index in [1.165, 1.54) is 0 Å². The number of carbonyl (C=O) groups excluding carboxylic acids is 1. The van der Waals surface area contributed by atoms with Crippen LogP contribution in [0.4, 0.5) is 5.69 Å². The predicted octanol–water partition coefficient (Wildman–Crippen LogP) is 3.65. The third kappa shape index (κ3) is 3.55. The molecule has 0 atom stereocenters. The number of rotatable bonds is 4. The minimum atomic E-state index is 0.0673. The molecule has 2 aromatic rings. The molecule has 1 fully saturated rings. The highest BCUT2D eigenvalue weighted by Crippen LogP contribution is 2.24. The van der Waals surface area contributed by atoms with Crippen LogP contribution in [0.3, 0.4) is 0 Å². The summed E-state index contributed by atoms with van der Waals surface area (Å²) in [7, 11) is 0. The lowest BCUT2D eigenvalue weighted by Gasteiger charge is -2.29. The molecule has 2 aromatic carbocycles. The van der Waals surface area contributed by atoms with Crippen LogP contribution in [0.5, 0.6) is 0 Å². The van der Waals surface area contributed by atoms with Gasteiger partial charge in [0.25, 0.3) is 0 Å². The maximum Gasteiger partial charge on any atom is 0.230 e. The number of ether oxygens (including phenoxy) is 1. The zero-order chi connectivity index (χ0) is 15.2. The molecule has 0 N–H and O–H groups in total. The maximum atomic E-state index is 13.0. The fraction of sp³-hybridized carbons (Fsp3) is 0.316. The summed E-state index contributed by atoms with van der Waals surface area (Å²) in [6.07, 6.45) is 1.63. The molecule has 3 nitrogen and oxygen atoms in total. The molecule has 3 rings (SSSR count). The largest absolute Gasteiger partial charge is 0.381 e. The van der Waals surface area contributed by atoms with Crippen LogP contribution in [-0.4, -0.2) is 19.1 Å². The Morgan fingerprint density at radius 1 is 0.955 bits per heavy atom. The normalized spacial score (nSPS) is 15.5. The van der Waals surface area contributed by atoms with E-state index < -0.39 is 0 Å². The lowest BCUT2D eigenvalue weighted by molar-refractivity contribution is -0.125. The van der Waals surface area contributed by atoms with Crippen molar-refractivity contribution >= 4 is 11.6 Å². The van der Waals surface area contributed by atoms with Gasteiger partial charge in [0.15, 0.2) is 0 Å². The number of hydrogen-bond acceptors (Lipinski definition) is 2. The van der Waals surface area contributed by atoms with Crippen molar-refractivity contribution in [2.75, 3.05) is 18.1 Å². The van der Waals surface area contributed by atoms with Crippen LogP contribution in [0, 0.1) is 5.92 Å². The fourth-order valence-electron chi connectivity index (χ4n) is 2.84. The average molecular weight is 295 g/mol. The molecule has 0 aromatic heterocycles. The van der Waals surface area contributed by atoms with E-state index in [2.05, 4.69) is 12.1 Å². The van der Waals surface area contributed by atoms with Gasteiger partial charge in [-0.05, 0) is 30.5 Å². The predicted molar refractivity (Wildman–Crippen MR) is 87.6 cm³/mol. The Hall–Kier alpha value is -2.13. The van der Waals surface area contributed by atoms with E-state index in [4.69, 9.17) is 4.74 Å². The van der Waals surface area contributed by atoms with Crippen molar-refractivity contribution in [3.63, 3.8) is 0 Å². The number of para-hydroxylation sites is 1. The van der Waals surface area contributed by atoms with Gasteiger partial charge in [0.05, 0.1) is 6.54 Å². The van der Waals surface area contributed by atoms with Gasteiger partial charge in [0, 0.05) is 24.8 Å². The van der Waals surface area contributed by atoms with E-state index in [1.807, 2.05) is 53.4 Å². The van der Waals surface area contributed by atoms with Crippen LogP contribution in [0.25, 0.3) is 0 Å². The van der Waals surface area contributed by atoms with E-state index in [0.717, 1.165) is 24.1 Å². The zero-order valence-corrected chi connectivity index (χ0v) is 12.7. The molecule has 3 heteroatoms. The Kier molecular flexibility index (Phi) is 4.86. The highest BCUT2D eigenvalue weighted by atomic mass is 16.5. The first-order valence-corrected chi connectivity index (χ1v) is 7.83. The number of amides is 1. The molecule has 0 saturated carbocycles. The van der Waals surface area contributed by atoms with E-state index >= 15 is 0 Å². The molecule has 0 aliphatic carbocycles. The molecule has 1 saturated heterocycles. The SMILES string of the molecule is O=C(C1CCOCC1)N(Cc1ccccc1)c1ccccc1. The lowest BCUT2D eigenvalue weighted by Crippen LogP contribution is -2.38. The molecular weight excluding hydrogens is 274 g/mol. The smallest absolute Gasteiger partial charge is 0.230 e. The van der Waals surface area contributed by atoms with Crippen LogP contribution in [0.15, 0.2) is 60.7 Å². The molecule has 1 aliphatic heterocycles. The molecule has 0 radical (unpaired) electrons. The third-order valence-electron chi connectivity index (χ3n) is 4.09. The number of benzene rings is 2. The monoisotopic (exact) mass is 295 g/mol. The Labute approximate surface area is 131 Å². The van der Waals surface area contributed by atoms with Crippen molar-refractivity contribution in [2.45, 2.75) is 19.4 Å². The topological polar surface area (TPSA) is 29.5 Å². The molecule has 0 spiro atoms. The maximum absolute atomic E-state index is 13.0. The lowest BCUT2D eigenvalue weighted by atomic mass is 9.98. The quantitative estimate of drug-likeness (QED) is 0.861. The van der Waals surface area contributed by atoms with Gasteiger partial charge in [-0.25, -0.2) is 0 Å². The molecule has 0 unspecified atom stereocenters. The second-order valence-corrected chi connectivity index (χ2v) is 5.63. The number of carbonyl (C=O) groups is 1.